The first kappa shape index (κ1) is 20.9. The molecule has 0 saturated carbocycles. The van der Waals surface area contributed by atoms with Gasteiger partial charge in [0.1, 0.15) is 17.8 Å². The lowest BCUT2D eigenvalue weighted by Crippen LogP contribution is -2.49. The fourth-order valence-corrected chi connectivity index (χ4v) is 3.26. The number of hydrogen-bond acceptors (Lipinski definition) is 4. The Morgan fingerprint density at radius 2 is 2.11 bits per heavy atom. The molecule has 2 amide bonds. The minimum absolute atomic E-state index is 0.0102. The molecule has 1 aliphatic rings. The number of phenols is 1. The Morgan fingerprint density at radius 3 is 2.78 bits per heavy atom. The fourth-order valence-electron chi connectivity index (χ4n) is 3.26. The summed E-state index contributed by atoms with van der Waals surface area (Å²) in [6, 6.07) is 5.91. The van der Waals surface area contributed by atoms with Crippen molar-refractivity contribution in [1.29, 1.82) is 0 Å². The van der Waals surface area contributed by atoms with Crippen molar-refractivity contribution in [1.82, 2.24) is 10.2 Å². The normalized spacial score (nSPS) is 18.2. The van der Waals surface area contributed by atoms with E-state index in [9.17, 15) is 14.7 Å². The van der Waals surface area contributed by atoms with Crippen LogP contribution in [0.1, 0.15) is 52.0 Å². The third-order valence-electron chi connectivity index (χ3n) is 4.86. The zero-order valence-electron chi connectivity index (χ0n) is 16.5. The Labute approximate surface area is 161 Å². The van der Waals surface area contributed by atoms with Crippen LogP contribution in [0.3, 0.4) is 0 Å². The van der Waals surface area contributed by atoms with Gasteiger partial charge in [0.15, 0.2) is 0 Å². The van der Waals surface area contributed by atoms with Crippen LogP contribution >= 0.6 is 0 Å². The number of amides is 2. The fraction of sp³-hybridized carbons (Fsp3) is 0.571. The zero-order valence-corrected chi connectivity index (χ0v) is 16.5. The molecule has 2 atom stereocenters. The number of carbonyl (C=O) groups excluding carboxylic acids is 2. The molecule has 0 aromatic heterocycles. The van der Waals surface area contributed by atoms with Gasteiger partial charge in [-0.2, -0.15) is 0 Å². The van der Waals surface area contributed by atoms with Gasteiger partial charge in [-0.15, -0.1) is 0 Å². The predicted molar refractivity (Wildman–Crippen MR) is 107 cm³/mol. The Kier molecular flexibility index (Phi) is 7.82. The molecular formula is C21H31N3O3. The highest BCUT2D eigenvalue weighted by Gasteiger charge is 2.37. The summed E-state index contributed by atoms with van der Waals surface area (Å²) in [7, 11) is 0. The second kappa shape index (κ2) is 10.1. The molecule has 0 unspecified atom stereocenters. The van der Waals surface area contributed by atoms with E-state index in [1.807, 2.05) is 19.9 Å². The molecule has 27 heavy (non-hydrogen) atoms. The standard InChI is InChI=1S/C21H31N3O3/c1-4-5-12-22-20(26)17-10-8-13-24(17)21(27)19(15(2)3)23-14-16-9-6-7-11-18(16)25/h6-7,9,11,14-15,17,19,25H,4-5,8,10,12-13H2,1-3H3,(H,22,26)/t17-,19-/m0/s1. The summed E-state index contributed by atoms with van der Waals surface area (Å²) in [5.74, 6) is -0.0686. The van der Waals surface area contributed by atoms with Gasteiger partial charge in [0.05, 0.1) is 0 Å². The molecule has 1 aliphatic heterocycles. The number of nitrogens with one attached hydrogen (secondary N) is 1. The lowest BCUT2D eigenvalue weighted by molar-refractivity contribution is -0.140. The zero-order chi connectivity index (χ0) is 19.8. The topological polar surface area (TPSA) is 82.0 Å². The molecule has 0 radical (unpaired) electrons. The molecule has 148 valence electrons. The average Bonchev–Trinajstić information content (AvgIpc) is 3.13. The summed E-state index contributed by atoms with van der Waals surface area (Å²) in [5, 5.41) is 12.8. The third kappa shape index (κ3) is 5.55. The van der Waals surface area contributed by atoms with Gasteiger partial charge in [-0.1, -0.05) is 39.3 Å². The molecule has 0 aliphatic carbocycles. The van der Waals surface area contributed by atoms with Gasteiger partial charge in [-0.25, -0.2) is 0 Å². The Morgan fingerprint density at radius 1 is 1.37 bits per heavy atom. The smallest absolute Gasteiger partial charge is 0.248 e. The number of rotatable bonds is 8. The molecular weight excluding hydrogens is 342 g/mol. The van der Waals surface area contributed by atoms with Gasteiger partial charge in [-0.3, -0.25) is 14.6 Å². The second-order valence-electron chi connectivity index (χ2n) is 7.36. The van der Waals surface area contributed by atoms with Crippen LogP contribution in [0.15, 0.2) is 29.3 Å². The first-order valence-corrected chi connectivity index (χ1v) is 9.85. The highest BCUT2D eigenvalue weighted by Crippen LogP contribution is 2.22. The molecule has 2 N–H and O–H groups in total. The molecule has 1 aromatic rings. The molecule has 6 heteroatoms. The van der Waals surface area contributed by atoms with Gasteiger partial charge < -0.3 is 15.3 Å². The van der Waals surface area contributed by atoms with Crippen LogP contribution in [0.4, 0.5) is 0 Å². The summed E-state index contributed by atoms with van der Waals surface area (Å²) in [5.41, 5.74) is 0.575. The molecule has 1 aromatic carbocycles. The molecule has 1 saturated heterocycles. The number of aromatic hydroxyl groups is 1. The van der Waals surface area contributed by atoms with Crippen molar-refractivity contribution in [2.24, 2.45) is 10.9 Å². The van der Waals surface area contributed by atoms with E-state index < -0.39 is 12.1 Å². The van der Waals surface area contributed by atoms with Crippen LogP contribution in [0.2, 0.25) is 0 Å². The summed E-state index contributed by atoms with van der Waals surface area (Å²) in [6.07, 6.45) is 5.02. The monoisotopic (exact) mass is 373 g/mol. The number of hydrogen-bond donors (Lipinski definition) is 2. The number of benzene rings is 1. The number of nitrogens with zero attached hydrogens (tertiary/aromatic N) is 2. The average molecular weight is 373 g/mol. The molecule has 2 rings (SSSR count). The van der Waals surface area contributed by atoms with E-state index in [1.54, 1.807) is 29.3 Å². The summed E-state index contributed by atoms with van der Waals surface area (Å²) in [6.45, 7) is 7.19. The van der Waals surface area contributed by atoms with Crippen molar-refractivity contribution in [3.05, 3.63) is 29.8 Å². The Hall–Kier alpha value is -2.37. The van der Waals surface area contributed by atoms with Gasteiger partial charge in [0.2, 0.25) is 11.8 Å². The van der Waals surface area contributed by atoms with E-state index >= 15 is 0 Å². The van der Waals surface area contributed by atoms with E-state index in [4.69, 9.17) is 0 Å². The number of aliphatic imine (C=N–C) groups is 1. The maximum atomic E-state index is 13.1. The van der Waals surface area contributed by atoms with Crippen molar-refractivity contribution >= 4 is 18.0 Å². The van der Waals surface area contributed by atoms with E-state index in [2.05, 4.69) is 17.2 Å². The first-order valence-electron chi connectivity index (χ1n) is 9.85. The maximum absolute atomic E-state index is 13.1. The van der Waals surface area contributed by atoms with Crippen LogP contribution in [0.25, 0.3) is 0 Å². The summed E-state index contributed by atoms with van der Waals surface area (Å²) in [4.78, 5) is 31.7. The van der Waals surface area contributed by atoms with E-state index in [0.29, 0.717) is 25.1 Å². The van der Waals surface area contributed by atoms with Crippen LogP contribution < -0.4 is 5.32 Å². The van der Waals surface area contributed by atoms with Crippen LogP contribution in [-0.2, 0) is 9.59 Å². The van der Waals surface area contributed by atoms with Crippen molar-refractivity contribution in [2.75, 3.05) is 13.1 Å². The summed E-state index contributed by atoms with van der Waals surface area (Å²) < 4.78 is 0. The number of carbonyl (C=O) groups is 2. The molecule has 0 spiro atoms. The van der Waals surface area contributed by atoms with Crippen molar-refractivity contribution in [2.45, 2.75) is 58.5 Å². The minimum Gasteiger partial charge on any atom is -0.507 e. The molecule has 1 heterocycles. The highest BCUT2D eigenvalue weighted by molar-refractivity contribution is 5.92. The van der Waals surface area contributed by atoms with Crippen molar-refractivity contribution < 1.29 is 14.7 Å². The lowest BCUT2D eigenvalue weighted by Gasteiger charge is -2.28. The van der Waals surface area contributed by atoms with Gasteiger partial charge in [-0.05, 0) is 37.3 Å². The van der Waals surface area contributed by atoms with Crippen molar-refractivity contribution in [3.8, 4) is 5.75 Å². The van der Waals surface area contributed by atoms with Crippen molar-refractivity contribution in [3.63, 3.8) is 0 Å². The highest BCUT2D eigenvalue weighted by atomic mass is 16.3. The largest absolute Gasteiger partial charge is 0.507 e. The minimum atomic E-state index is -0.575. The van der Waals surface area contributed by atoms with Crippen LogP contribution in [-0.4, -0.2) is 53.2 Å². The third-order valence-corrected chi connectivity index (χ3v) is 4.86. The van der Waals surface area contributed by atoms with Crippen LogP contribution in [0.5, 0.6) is 5.75 Å². The van der Waals surface area contributed by atoms with Gasteiger partial charge >= 0.3 is 0 Å². The van der Waals surface area contributed by atoms with E-state index in [-0.39, 0.29) is 23.5 Å². The molecule has 1 fully saturated rings. The van der Waals surface area contributed by atoms with E-state index in [0.717, 1.165) is 19.3 Å². The van der Waals surface area contributed by atoms with Gasteiger partial charge in [0.25, 0.3) is 0 Å². The summed E-state index contributed by atoms with van der Waals surface area (Å²) >= 11 is 0. The maximum Gasteiger partial charge on any atom is 0.248 e. The predicted octanol–water partition coefficient (Wildman–Crippen LogP) is 2.74. The number of phenolic OH excluding ortho intramolecular Hbond substituents is 1. The van der Waals surface area contributed by atoms with Gasteiger partial charge in [0, 0.05) is 24.9 Å². The quantitative estimate of drug-likeness (QED) is 0.543. The number of para-hydroxylation sites is 1. The van der Waals surface area contributed by atoms with E-state index in [1.165, 1.54) is 0 Å². The lowest BCUT2D eigenvalue weighted by atomic mass is 10.0. The SMILES string of the molecule is CCCCNC(=O)[C@@H]1CCCN1C(=O)[C@@H](N=Cc1ccccc1O)C(C)C. The Balaban J connectivity index is 2.11. The Bertz CT molecular complexity index is 672. The molecule has 6 nitrogen and oxygen atoms in total. The second-order valence-corrected chi connectivity index (χ2v) is 7.36. The molecule has 0 bridgehead atoms. The first-order chi connectivity index (χ1) is 13.0. The van der Waals surface area contributed by atoms with Crippen LogP contribution in [0, 0.1) is 5.92 Å². The number of unbranched alkanes of at least 4 members (excludes halogenated alkanes) is 1. The number of likely N-dealkylation sites (tertiary alicyclic amines) is 1.